The summed E-state index contributed by atoms with van der Waals surface area (Å²) in [6, 6.07) is 5.87. The topological polar surface area (TPSA) is 101 Å². The smallest absolute Gasteiger partial charge is 0.406 e. The molecule has 2 saturated heterocycles. The van der Waals surface area contributed by atoms with Crippen molar-refractivity contribution in [2.24, 2.45) is 11.8 Å². The first-order chi connectivity index (χ1) is 17.9. The first kappa shape index (κ1) is 29.5. The van der Waals surface area contributed by atoms with Gasteiger partial charge in [-0.3, -0.25) is 0 Å². The standard InChI is InChI=1S/C27H43ClN4O5/c1-19-6-7-22(28)16-24(19)25(37-14-10-30-27(34)35-3)21-5-4-11-32(18-21)26(33)31-23(17-29-2)15-20-8-12-36-13-9-20/h6-7,16,20-21,23,25,29H,4-5,8-15,17-18H2,1-3H3,(H,30,34)(H,31,33)/t21-,23+,25-/m1/s1. The molecule has 0 aromatic heterocycles. The van der Waals surface area contributed by atoms with Gasteiger partial charge in [-0.15, -0.1) is 0 Å². The summed E-state index contributed by atoms with van der Waals surface area (Å²) in [6.07, 6.45) is 4.14. The molecule has 2 fully saturated rings. The average Bonchev–Trinajstić information content (AvgIpc) is 2.91. The van der Waals surface area contributed by atoms with Crippen LogP contribution in [0.1, 0.15) is 49.3 Å². The van der Waals surface area contributed by atoms with Gasteiger partial charge < -0.3 is 35.1 Å². The van der Waals surface area contributed by atoms with Crippen LogP contribution in [0.2, 0.25) is 5.02 Å². The second-order valence-corrected chi connectivity index (χ2v) is 10.5. The zero-order valence-corrected chi connectivity index (χ0v) is 23.1. The van der Waals surface area contributed by atoms with E-state index in [1.54, 1.807) is 0 Å². The molecule has 0 radical (unpaired) electrons. The zero-order valence-electron chi connectivity index (χ0n) is 22.4. The molecule has 10 heteroatoms. The number of urea groups is 1. The van der Waals surface area contributed by atoms with Crippen molar-refractivity contribution in [1.29, 1.82) is 0 Å². The summed E-state index contributed by atoms with van der Waals surface area (Å²) in [6.45, 7) is 6.35. The van der Waals surface area contributed by atoms with Crippen molar-refractivity contribution in [3.05, 3.63) is 34.3 Å². The summed E-state index contributed by atoms with van der Waals surface area (Å²) in [5, 5.41) is 9.83. The van der Waals surface area contributed by atoms with Gasteiger partial charge in [0.15, 0.2) is 0 Å². The number of ether oxygens (including phenoxy) is 3. The van der Waals surface area contributed by atoms with Crippen molar-refractivity contribution in [2.75, 3.05) is 60.2 Å². The summed E-state index contributed by atoms with van der Waals surface area (Å²) in [5.74, 6) is 0.678. The van der Waals surface area contributed by atoms with Crippen molar-refractivity contribution in [2.45, 2.75) is 51.2 Å². The largest absolute Gasteiger partial charge is 0.453 e. The molecule has 208 valence electrons. The van der Waals surface area contributed by atoms with Crippen LogP contribution in [0.5, 0.6) is 0 Å². The van der Waals surface area contributed by atoms with Crippen molar-refractivity contribution in [3.63, 3.8) is 0 Å². The number of likely N-dealkylation sites (tertiary alicyclic amines) is 1. The SMILES string of the molecule is CNC[C@H](CC1CCOCC1)NC(=O)N1CCC[C@@H]([C@@H](OCCNC(=O)OC)c2cc(Cl)ccc2C)C1. The van der Waals surface area contributed by atoms with Crippen molar-refractivity contribution in [1.82, 2.24) is 20.9 Å². The molecule has 3 rings (SSSR count). The third-order valence-electron chi connectivity index (χ3n) is 7.31. The molecule has 0 aliphatic carbocycles. The van der Waals surface area contributed by atoms with Gasteiger partial charge >= 0.3 is 12.1 Å². The van der Waals surface area contributed by atoms with E-state index in [1.807, 2.05) is 37.1 Å². The number of rotatable bonds is 11. The van der Waals surface area contributed by atoms with Crippen LogP contribution in [0.4, 0.5) is 9.59 Å². The van der Waals surface area contributed by atoms with Crippen LogP contribution in [0.15, 0.2) is 18.2 Å². The number of benzene rings is 1. The molecule has 3 amide bonds. The summed E-state index contributed by atoms with van der Waals surface area (Å²) >= 11 is 6.35. The molecule has 37 heavy (non-hydrogen) atoms. The lowest BCUT2D eigenvalue weighted by Gasteiger charge is -2.38. The highest BCUT2D eigenvalue weighted by atomic mass is 35.5. The molecule has 3 N–H and O–H groups in total. The number of hydrogen-bond acceptors (Lipinski definition) is 6. The molecule has 1 aromatic rings. The highest BCUT2D eigenvalue weighted by molar-refractivity contribution is 6.30. The lowest BCUT2D eigenvalue weighted by Crippen LogP contribution is -2.52. The maximum atomic E-state index is 13.4. The maximum Gasteiger partial charge on any atom is 0.406 e. The van der Waals surface area contributed by atoms with Crippen LogP contribution >= 0.6 is 11.6 Å². The lowest BCUT2D eigenvalue weighted by atomic mass is 9.86. The van der Waals surface area contributed by atoms with Gasteiger partial charge in [0.25, 0.3) is 0 Å². The van der Waals surface area contributed by atoms with Gasteiger partial charge in [0.05, 0.1) is 19.8 Å². The Hall–Kier alpha value is -2.07. The van der Waals surface area contributed by atoms with Gasteiger partial charge in [-0.05, 0) is 75.3 Å². The Kier molecular flexibility index (Phi) is 12.2. The predicted molar refractivity (Wildman–Crippen MR) is 144 cm³/mol. The van der Waals surface area contributed by atoms with Crippen LogP contribution in [-0.2, 0) is 14.2 Å². The molecule has 2 aliphatic heterocycles. The predicted octanol–water partition coefficient (Wildman–Crippen LogP) is 3.89. The van der Waals surface area contributed by atoms with E-state index in [1.165, 1.54) is 7.11 Å². The fourth-order valence-corrected chi connectivity index (χ4v) is 5.52. The number of carbonyl (C=O) groups is 2. The van der Waals surface area contributed by atoms with E-state index in [9.17, 15) is 9.59 Å². The number of methoxy groups -OCH3 is 1. The zero-order chi connectivity index (χ0) is 26.6. The highest BCUT2D eigenvalue weighted by Gasteiger charge is 2.33. The average molecular weight is 539 g/mol. The number of alkyl carbamates (subject to hydrolysis) is 1. The van der Waals surface area contributed by atoms with Crippen LogP contribution in [0.3, 0.4) is 0 Å². The molecular weight excluding hydrogens is 496 g/mol. The fourth-order valence-electron chi connectivity index (χ4n) is 5.34. The Labute approximate surface area is 225 Å². The third-order valence-corrected chi connectivity index (χ3v) is 7.55. The number of nitrogens with one attached hydrogen (secondary N) is 3. The summed E-state index contributed by atoms with van der Waals surface area (Å²) < 4.78 is 16.5. The highest BCUT2D eigenvalue weighted by Crippen LogP contribution is 2.35. The van der Waals surface area contributed by atoms with E-state index in [0.717, 1.165) is 69.5 Å². The quantitative estimate of drug-likeness (QED) is 0.370. The first-order valence-electron chi connectivity index (χ1n) is 13.4. The number of hydrogen-bond donors (Lipinski definition) is 3. The number of aryl methyl sites for hydroxylation is 1. The first-order valence-corrected chi connectivity index (χ1v) is 13.8. The van der Waals surface area contributed by atoms with Gasteiger partial charge in [0.1, 0.15) is 0 Å². The van der Waals surface area contributed by atoms with E-state index in [2.05, 4.69) is 20.7 Å². The Morgan fingerprint density at radius 3 is 2.76 bits per heavy atom. The summed E-state index contributed by atoms with van der Waals surface area (Å²) in [5.41, 5.74) is 2.10. The number of nitrogens with zero attached hydrogens (tertiary/aromatic N) is 1. The Morgan fingerprint density at radius 2 is 2.03 bits per heavy atom. The second kappa shape index (κ2) is 15.4. The Morgan fingerprint density at radius 1 is 1.24 bits per heavy atom. The van der Waals surface area contributed by atoms with E-state index in [0.29, 0.717) is 30.6 Å². The molecular formula is C27H43ClN4O5. The second-order valence-electron chi connectivity index (χ2n) is 10.1. The minimum absolute atomic E-state index is 0.0223. The molecule has 2 aliphatic rings. The molecule has 0 saturated carbocycles. The van der Waals surface area contributed by atoms with Crippen LogP contribution in [-0.4, -0.2) is 83.2 Å². The molecule has 0 spiro atoms. The van der Waals surface area contributed by atoms with Crippen molar-refractivity contribution >= 4 is 23.7 Å². The summed E-state index contributed by atoms with van der Waals surface area (Å²) in [4.78, 5) is 26.7. The van der Waals surface area contributed by atoms with Gasteiger partial charge in [-0.1, -0.05) is 17.7 Å². The molecule has 3 atom stereocenters. The van der Waals surface area contributed by atoms with Gasteiger partial charge in [0.2, 0.25) is 0 Å². The number of likely N-dealkylation sites (N-methyl/N-ethyl adjacent to an activating group) is 1. The van der Waals surface area contributed by atoms with Gasteiger partial charge in [0, 0.05) is 56.4 Å². The summed E-state index contributed by atoms with van der Waals surface area (Å²) in [7, 11) is 3.26. The van der Waals surface area contributed by atoms with E-state index in [4.69, 9.17) is 21.1 Å². The van der Waals surface area contributed by atoms with Gasteiger partial charge in [-0.2, -0.15) is 0 Å². The van der Waals surface area contributed by atoms with Crippen molar-refractivity contribution < 1.29 is 23.8 Å². The Balaban J connectivity index is 1.66. The van der Waals surface area contributed by atoms with E-state index >= 15 is 0 Å². The molecule has 1 aromatic carbocycles. The number of piperidine rings is 1. The monoisotopic (exact) mass is 538 g/mol. The maximum absolute atomic E-state index is 13.4. The van der Waals surface area contributed by atoms with Crippen LogP contribution in [0.25, 0.3) is 0 Å². The van der Waals surface area contributed by atoms with Crippen LogP contribution < -0.4 is 16.0 Å². The lowest BCUT2D eigenvalue weighted by molar-refractivity contribution is -0.00903. The number of carbonyl (C=O) groups excluding carboxylic acids is 2. The molecule has 2 heterocycles. The Bertz CT molecular complexity index is 867. The van der Waals surface area contributed by atoms with Crippen molar-refractivity contribution in [3.8, 4) is 0 Å². The molecule has 0 bridgehead atoms. The third kappa shape index (κ3) is 9.32. The van der Waals surface area contributed by atoms with Crippen LogP contribution in [0, 0.1) is 18.8 Å². The molecule has 0 unspecified atom stereocenters. The minimum Gasteiger partial charge on any atom is -0.453 e. The van der Waals surface area contributed by atoms with E-state index < -0.39 is 6.09 Å². The van der Waals surface area contributed by atoms with E-state index in [-0.39, 0.29) is 24.1 Å². The van der Waals surface area contributed by atoms with Gasteiger partial charge in [-0.25, -0.2) is 9.59 Å². The molecule has 9 nitrogen and oxygen atoms in total. The minimum atomic E-state index is -0.489. The number of amides is 3. The number of halogens is 1. The fraction of sp³-hybridized carbons (Fsp3) is 0.704. The normalized spacial score (nSPS) is 20.2.